The maximum atomic E-state index is 13.6. The highest BCUT2D eigenvalue weighted by Gasteiger charge is 2.42. The van der Waals surface area contributed by atoms with Gasteiger partial charge in [-0.2, -0.15) is 0 Å². The van der Waals surface area contributed by atoms with Crippen LogP contribution in [-0.4, -0.2) is 24.4 Å². The molecule has 164 valence electrons. The maximum Gasteiger partial charge on any atom is 0.338 e. The van der Waals surface area contributed by atoms with E-state index in [1.165, 1.54) is 4.90 Å². The van der Waals surface area contributed by atoms with Crippen LogP contribution in [0.15, 0.2) is 36.4 Å². The van der Waals surface area contributed by atoms with Gasteiger partial charge in [0.2, 0.25) is 0 Å². The summed E-state index contributed by atoms with van der Waals surface area (Å²) >= 11 is 0. The van der Waals surface area contributed by atoms with Crippen molar-refractivity contribution in [3.05, 3.63) is 64.2 Å². The summed E-state index contributed by atoms with van der Waals surface area (Å²) < 4.78 is 5.38. The third kappa shape index (κ3) is 4.27. The van der Waals surface area contributed by atoms with Crippen LogP contribution in [-0.2, 0) is 4.74 Å². The summed E-state index contributed by atoms with van der Waals surface area (Å²) in [5, 5.41) is 0. The van der Waals surface area contributed by atoms with Crippen LogP contribution >= 0.6 is 0 Å². The van der Waals surface area contributed by atoms with Crippen molar-refractivity contribution in [3.63, 3.8) is 0 Å². The molecule has 5 heteroatoms. The fourth-order valence-electron chi connectivity index (χ4n) is 4.02. The summed E-state index contributed by atoms with van der Waals surface area (Å²) in [7, 11) is 0. The quantitative estimate of drug-likeness (QED) is 0.294. The molecule has 31 heavy (non-hydrogen) atoms. The number of anilines is 1. The van der Waals surface area contributed by atoms with Crippen molar-refractivity contribution in [3.8, 4) is 0 Å². The zero-order chi connectivity index (χ0) is 22.7. The lowest BCUT2D eigenvalue weighted by Crippen LogP contribution is -2.32. The van der Waals surface area contributed by atoms with Gasteiger partial charge in [0, 0.05) is 0 Å². The van der Waals surface area contributed by atoms with Gasteiger partial charge >= 0.3 is 5.97 Å². The second-order valence-electron chi connectivity index (χ2n) is 8.61. The number of ether oxygens (including phenoxy) is 1. The molecule has 0 aromatic heterocycles. The zero-order valence-corrected chi connectivity index (χ0v) is 19.0. The Morgan fingerprint density at radius 1 is 0.903 bits per heavy atom. The SMILES string of the molecule is CCCCCOC(=O)c1cccc2c1C(=O)N(c1c(C(C)C)cccc1C(C)C)C2=O. The highest BCUT2D eigenvalue weighted by atomic mass is 16.5. The van der Waals surface area contributed by atoms with Gasteiger partial charge in [-0.3, -0.25) is 9.59 Å². The number of carbonyl (C=O) groups is 3. The second-order valence-corrected chi connectivity index (χ2v) is 8.61. The van der Waals surface area contributed by atoms with Crippen molar-refractivity contribution in [1.82, 2.24) is 0 Å². The molecule has 0 saturated heterocycles. The predicted molar refractivity (Wildman–Crippen MR) is 122 cm³/mol. The first-order valence-corrected chi connectivity index (χ1v) is 11.1. The fourth-order valence-corrected chi connectivity index (χ4v) is 4.02. The number of hydrogen-bond donors (Lipinski definition) is 0. The van der Waals surface area contributed by atoms with E-state index in [-0.39, 0.29) is 28.5 Å². The molecule has 0 fully saturated rings. The van der Waals surface area contributed by atoms with Gasteiger partial charge in [0.15, 0.2) is 0 Å². The largest absolute Gasteiger partial charge is 0.462 e. The molecule has 0 N–H and O–H groups in total. The Morgan fingerprint density at radius 2 is 1.52 bits per heavy atom. The molecule has 1 heterocycles. The highest BCUT2D eigenvalue weighted by molar-refractivity contribution is 6.36. The number of rotatable bonds is 8. The van der Waals surface area contributed by atoms with Crippen LogP contribution in [0.3, 0.4) is 0 Å². The fraction of sp³-hybridized carbons (Fsp3) is 0.423. The zero-order valence-electron chi connectivity index (χ0n) is 19.0. The molecule has 0 saturated carbocycles. The number of nitrogens with zero attached hydrogens (tertiary/aromatic N) is 1. The number of unbranched alkanes of at least 4 members (excludes halogenated alkanes) is 2. The van der Waals surface area contributed by atoms with E-state index >= 15 is 0 Å². The summed E-state index contributed by atoms with van der Waals surface area (Å²) in [4.78, 5) is 40.9. The van der Waals surface area contributed by atoms with E-state index in [0.29, 0.717) is 12.3 Å². The average Bonchev–Trinajstić information content (AvgIpc) is 3.00. The molecule has 0 atom stereocenters. The van der Waals surface area contributed by atoms with Gasteiger partial charge < -0.3 is 4.74 Å². The Balaban J connectivity index is 2.05. The standard InChI is InChI=1S/C26H31NO4/c1-6-7-8-15-31-26(30)21-14-10-13-20-22(21)25(29)27(24(20)28)23-18(16(2)3)11-9-12-19(23)17(4)5/h9-14,16-17H,6-8,15H2,1-5H3. The second kappa shape index (κ2) is 9.46. The molecule has 2 amide bonds. The van der Waals surface area contributed by atoms with E-state index in [2.05, 4.69) is 6.92 Å². The van der Waals surface area contributed by atoms with Crippen LogP contribution in [0.5, 0.6) is 0 Å². The van der Waals surface area contributed by atoms with Crippen LogP contribution in [0, 0.1) is 0 Å². The van der Waals surface area contributed by atoms with Crippen LogP contribution < -0.4 is 4.90 Å². The molecule has 0 bridgehead atoms. The summed E-state index contributed by atoms with van der Waals surface area (Å²) in [6.07, 6.45) is 2.76. The number of imide groups is 1. The minimum atomic E-state index is -0.558. The van der Waals surface area contributed by atoms with Crippen molar-refractivity contribution >= 4 is 23.5 Å². The van der Waals surface area contributed by atoms with Crippen molar-refractivity contribution in [2.75, 3.05) is 11.5 Å². The lowest BCUT2D eigenvalue weighted by molar-refractivity contribution is 0.0495. The van der Waals surface area contributed by atoms with Crippen molar-refractivity contribution in [2.24, 2.45) is 0 Å². The van der Waals surface area contributed by atoms with E-state index in [1.807, 2.05) is 45.9 Å². The molecule has 0 aliphatic carbocycles. The Bertz CT molecular complexity index is 980. The van der Waals surface area contributed by atoms with Crippen LogP contribution in [0.2, 0.25) is 0 Å². The Morgan fingerprint density at radius 3 is 2.10 bits per heavy atom. The summed E-state index contributed by atoms with van der Waals surface area (Å²) in [5.74, 6) is -1.16. The van der Waals surface area contributed by atoms with Gasteiger partial charge in [0.25, 0.3) is 11.8 Å². The molecule has 3 rings (SSSR count). The van der Waals surface area contributed by atoms with Gasteiger partial charge in [-0.1, -0.05) is 71.7 Å². The number of fused-ring (bicyclic) bond motifs is 1. The Hall–Kier alpha value is -2.95. The molecule has 1 aliphatic rings. The predicted octanol–water partition coefficient (Wildman–Crippen LogP) is 6.08. The molecule has 0 spiro atoms. The highest BCUT2D eigenvalue weighted by Crippen LogP contribution is 2.40. The molecule has 2 aromatic carbocycles. The molecule has 5 nitrogen and oxygen atoms in total. The van der Waals surface area contributed by atoms with E-state index in [4.69, 9.17) is 4.74 Å². The van der Waals surface area contributed by atoms with Crippen molar-refractivity contribution in [2.45, 2.75) is 65.7 Å². The monoisotopic (exact) mass is 421 g/mol. The van der Waals surface area contributed by atoms with Gasteiger partial charge in [-0.25, -0.2) is 9.69 Å². The molecule has 1 aliphatic heterocycles. The van der Waals surface area contributed by atoms with Crippen molar-refractivity contribution < 1.29 is 19.1 Å². The number of para-hydroxylation sites is 1. The number of esters is 1. The Labute approximate surface area is 184 Å². The molecule has 0 radical (unpaired) electrons. The van der Waals surface area contributed by atoms with Gasteiger partial charge in [-0.05, 0) is 41.5 Å². The van der Waals surface area contributed by atoms with E-state index < -0.39 is 17.8 Å². The van der Waals surface area contributed by atoms with E-state index in [0.717, 1.165) is 30.4 Å². The van der Waals surface area contributed by atoms with Crippen LogP contribution in [0.1, 0.15) is 108 Å². The third-order valence-electron chi connectivity index (χ3n) is 5.68. The average molecular weight is 422 g/mol. The first-order valence-electron chi connectivity index (χ1n) is 11.1. The summed E-state index contributed by atoms with van der Waals surface area (Å²) in [6.45, 7) is 10.5. The van der Waals surface area contributed by atoms with E-state index in [9.17, 15) is 14.4 Å². The van der Waals surface area contributed by atoms with Gasteiger partial charge in [0.1, 0.15) is 0 Å². The first-order chi connectivity index (χ1) is 14.8. The minimum absolute atomic E-state index is 0.126. The van der Waals surface area contributed by atoms with E-state index in [1.54, 1.807) is 18.2 Å². The van der Waals surface area contributed by atoms with Crippen LogP contribution in [0.25, 0.3) is 0 Å². The van der Waals surface area contributed by atoms with Crippen LogP contribution in [0.4, 0.5) is 5.69 Å². The lowest BCUT2D eigenvalue weighted by Gasteiger charge is -2.25. The first kappa shape index (κ1) is 22.7. The smallest absolute Gasteiger partial charge is 0.338 e. The summed E-state index contributed by atoms with van der Waals surface area (Å²) in [5.41, 5.74) is 3.06. The number of hydrogen-bond acceptors (Lipinski definition) is 4. The minimum Gasteiger partial charge on any atom is -0.462 e. The molecule has 0 unspecified atom stereocenters. The van der Waals surface area contributed by atoms with Crippen molar-refractivity contribution in [1.29, 1.82) is 0 Å². The van der Waals surface area contributed by atoms with Gasteiger partial charge in [0.05, 0.1) is 29.0 Å². The third-order valence-corrected chi connectivity index (χ3v) is 5.68. The maximum absolute atomic E-state index is 13.6. The Kier molecular flexibility index (Phi) is 6.94. The normalized spacial score (nSPS) is 13.3. The topological polar surface area (TPSA) is 63.7 Å². The summed E-state index contributed by atoms with van der Waals surface area (Å²) in [6, 6.07) is 10.7. The number of amides is 2. The molecular weight excluding hydrogens is 390 g/mol. The molecule has 2 aromatic rings. The van der Waals surface area contributed by atoms with Gasteiger partial charge in [-0.15, -0.1) is 0 Å². The molecular formula is C26H31NO4. The lowest BCUT2D eigenvalue weighted by atomic mass is 9.92. The number of carbonyl (C=O) groups excluding carboxylic acids is 3. The number of benzene rings is 2.